The molecule has 1 aromatic carbocycles. The number of fused-ring (bicyclic) bond motifs is 2. The Morgan fingerprint density at radius 3 is 2.35 bits per heavy atom. The van der Waals surface area contributed by atoms with Gasteiger partial charge in [0, 0.05) is 36.0 Å². The topological polar surface area (TPSA) is 129 Å². The Hall–Kier alpha value is -3.69. The van der Waals surface area contributed by atoms with E-state index in [1.165, 1.54) is 18.6 Å². The van der Waals surface area contributed by atoms with Crippen molar-refractivity contribution in [2.45, 2.75) is 123 Å². The summed E-state index contributed by atoms with van der Waals surface area (Å²) in [7, 11) is 0. The SMILES string of the molecule is CCO[C@H]1[C@@H]2C[C@H]3C(C)(C)O[C@](C/C=C(/C)C(=O)O)(C2=O)[C@@]32Oc3c(CC=C(C)C)c4c(c(O)c3C(=O)[C@@H]12)C=C[C@@](C)(CCC=C(C)C)O4. The molecule has 49 heavy (non-hydrogen) atoms. The molecule has 1 saturated heterocycles. The lowest BCUT2D eigenvalue weighted by Crippen LogP contribution is -2.80. The van der Waals surface area contributed by atoms with E-state index in [4.69, 9.17) is 18.9 Å². The van der Waals surface area contributed by atoms with Crippen molar-refractivity contribution in [2.24, 2.45) is 17.8 Å². The smallest absolute Gasteiger partial charge is 0.330 e. The molecule has 0 unspecified atom stereocenters. The molecule has 9 heteroatoms. The van der Waals surface area contributed by atoms with Crippen molar-refractivity contribution in [3.63, 3.8) is 0 Å². The number of phenolic OH excluding ortho intramolecular Hbond substituents is 1. The molecule has 3 saturated carbocycles. The predicted octanol–water partition coefficient (Wildman–Crippen LogP) is 7.33. The van der Waals surface area contributed by atoms with Crippen LogP contribution in [0.25, 0.3) is 6.08 Å². The Labute approximate surface area is 289 Å². The second kappa shape index (κ2) is 12.0. The summed E-state index contributed by atoms with van der Waals surface area (Å²) in [5.74, 6) is -3.36. The molecule has 1 spiro atoms. The number of hydrogen-bond acceptors (Lipinski definition) is 8. The number of carboxylic acid groups (broad SMARTS) is 1. The lowest BCUT2D eigenvalue weighted by molar-refractivity contribution is -0.226. The number of carbonyl (C=O) groups is 3. The van der Waals surface area contributed by atoms with Gasteiger partial charge in [-0.25, -0.2) is 4.79 Å². The summed E-state index contributed by atoms with van der Waals surface area (Å²) in [5, 5.41) is 21.7. The van der Waals surface area contributed by atoms with Crippen molar-refractivity contribution in [1.82, 2.24) is 0 Å². The fraction of sp³-hybridized carbons (Fsp3) is 0.575. The van der Waals surface area contributed by atoms with Crippen molar-refractivity contribution >= 4 is 23.6 Å². The molecular weight excluding hydrogens is 624 g/mol. The van der Waals surface area contributed by atoms with Gasteiger partial charge in [-0.05, 0) is 100 Å². The second-order valence-electron chi connectivity index (χ2n) is 15.7. The van der Waals surface area contributed by atoms with E-state index in [0.717, 1.165) is 12.0 Å². The molecule has 2 N–H and O–H groups in total. The third kappa shape index (κ3) is 5.13. The van der Waals surface area contributed by atoms with Crippen molar-refractivity contribution in [2.75, 3.05) is 6.61 Å². The Kier molecular flexibility index (Phi) is 8.59. The summed E-state index contributed by atoms with van der Waals surface area (Å²) in [5.41, 5.74) is -1.37. The Morgan fingerprint density at radius 1 is 1.02 bits per heavy atom. The molecule has 1 aromatic rings. The van der Waals surface area contributed by atoms with E-state index in [0.29, 0.717) is 36.1 Å². The van der Waals surface area contributed by atoms with Gasteiger partial charge < -0.3 is 29.2 Å². The fourth-order valence-electron chi connectivity index (χ4n) is 9.14. The summed E-state index contributed by atoms with van der Waals surface area (Å²) in [6, 6.07) is 0. The first-order valence-corrected chi connectivity index (χ1v) is 17.5. The maximum atomic E-state index is 15.2. The standard InChI is InChI=1S/C40H50O9/c1-10-46-34-26-20-27-37(7,8)49-39(35(26)43,19-15-23(6)36(44)45)40(27)29(34)31(42)28-30(41)24-16-18-38(9,17-11-12-21(2)3)47-32(24)25(33(28)48-40)14-13-22(4)5/h12-13,15-16,18,26-27,29,34,41H,10-11,14,17,19-20H2,1-9H3,(H,44,45)/b23-15-/t26-,27-,29-,34-,38+,39+,40+/m0/s1. The largest absolute Gasteiger partial charge is 0.506 e. The highest BCUT2D eigenvalue weighted by Gasteiger charge is 2.85. The van der Waals surface area contributed by atoms with Crippen molar-refractivity contribution in [3.8, 4) is 17.2 Å². The van der Waals surface area contributed by atoms with E-state index in [1.807, 2.05) is 59.8 Å². The van der Waals surface area contributed by atoms with Gasteiger partial charge in [0.1, 0.15) is 28.4 Å². The summed E-state index contributed by atoms with van der Waals surface area (Å²) in [4.78, 5) is 41.9. The summed E-state index contributed by atoms with van der Waals surface area (Å²) in [6.07, 6.45) is 10.8. The van der Waals surface area contributed by atoms with E-state index in [-0.39, 0.29) is 47.2 Å². The highest BCUT2D eigenvalue weighted by Crippen LogP contribution is 2.70. The molecular formula is C40H50O9. The van der Waals surface area contributed by atoms with Gasteiger partial charge in [0.2, 0.25) is 0 Å². The molecule has 3 aliphatic carbocycles. The van der Waals surface area contributed by atoms with Crippen molar-refractivity contribution < 1.29 is 43.5 Å². The number of ether oxygens (including phenoxy) is 4. The number of hydrogen-bond donors (Lipinski definition) is 2. The lowest BCUT2D eigenvalue weighted by atomic mass is 9.45. The number of rotatable bonds is 10. The number of allylic oxidation sites excluding steroid dienone is 4. The number of ketones is 2. The maximum absolute atomic E-state index is 15.2. The van der Waals surface area contributed by atoms with Crippen LogP contribution in [-0.2, 0) is 25.5 Å². The van der Waals surface area contributed by atoms with Crippen LogP contribution in [0.3, 0.4) is 0 Å². The summed E-state index contributed by atoms with van der Waals surface area (Å²) < 4.78 is 27.2. The second-order valence-corrected chi connectivity index (χ2v) is 15.7. The molecule has 3 aliphatic heterocycles. The van der Waals surface area contributed by atoms with Crippen LogP contribution < -0.4 is 9.47 Å². The van der Waals surface area contributed by atoms with Crippen LogP contribution in [0, 0.1) is 17.8 Å². The monoisotopic (exact) mass is 674 g/mol. The third-order valence-corrected chi connectivity index (χ3v) is 11.4. The minimum absolute atomic E-state index is 0.0576. The van der Waals surface area contributed by atoms with Gasteiger partial charge in [-0.15, -0.1) is 0 Å². The van der Waals surface area contributed by atoms with Crippen molar-refractivity contribution in [3.05, 3.63) is 57.7 Å². The molecule has 6 aliphatic rings. The first kappa shape index (κ1) is 35.1. The first-order chi connectivity index (χ1) is 22.9. The van der Waals surface area contributed by atoms with Gasteiger partial charge in [-0.1, -0.05) is 29.4 Å². The zero-order valence-corrected chi connectivity index (χ0v) is 30.2. The average Bonchev–Trinajstić information content (AvgIpc) is 3.15. The molecule has 3 heterocycles. The highest BCUT2D eigenvalue weighted by molar-refractivity contribution is 6.10. The van der Waals surface area contributed by atoms with E-state index in [2.05, 4.69) is 19.9 Å². The van der Waals surface area contributed by atoms with Crippen LogP contribution in [0.5, 0.6) is 17.2 Å². The maximum Gasteiger partial charge on any atom is 0.330 e. The molecule has 7 rings (SSSR count). The number of phenols is 1. The third-order valence-electron chi connectivity index (χ3n) is 11.4. The fourth-order valence-corrected chi connectivity index (χ4v) is 9.14. The average molecular weight is 675 g/mol. The minimum atomic E-state index is -1.66. The number of carbonyl (C=O) groups excluding carboxylic acids is 2. The molecule has 9 nitrogen and oxygen atoms in total. The van der Waals surface area contributed by atoms with Crippen LogP contribution in [0.4, 0.5) is 0 Å². The minimum Gasteiger partial charge on any atom is -0.506 e. The number of benzene rings is 1. The van der Waals surface area contributed by atoms with Gasteiger partial charge in [0.15, 0.2) is 22.8 Å². The van der Waals surface area contributed by atoms with Gasteiger partial charge in [0.25, 0.3) is 0 Å². The lowest BCUT2D eigenvalue weighted by Gasteiger charge is -2.62. The quantitative estimate of drug-likeness (QED) is 0.194. The number of carboxylic acids is 1. The molecule has 4 bridgehead atoms. The van der Waals surface area contributed by atoms with Crippen molar-refractivity contribution in [1.29, 1.82) is 0 Å². The van der Waals surface area contributed by atoms with Crippen LogP contribution >= 0.6 is 0 Å². The van der Waals surface area contributed by atoms with Gasteiger partial charge in [-0.3, -0.25) is 9.59 Å². The summed E-state index contributed by atoms with van der Waals surface area (Å²) >= 11 is 0. The molecule has 0 radical (unpaired) electrons. The van der Waals surface area contributed by atoms with Crippen LogP contribution in [0.15, 0.2) is 41.0 Å². The molecule has 7 atom stereocenters. The summed E-state index contributed by atoms with van der Waals surface area (Å²) in [6.45, 7) is 17.5. The molecule has 0 aromatic heterocycles. The van der Waals surface area contributed by atoms with Crippen LogP contribution in [0.1, 0.15) is 109 Å². The molecule has 264 valence electrons. The van der Waals surface area contributed by atoms with Crippen LogP contribution in [0.2, 0.25) is 0 Å². The van der Waals surface area contributed by atoms with E-state index in [1.54, 1.807) is 0 Å². The number of Topliss-reactive ketones (excluding diaryl/α,β-unsaturated/α-hetero) is 2. The van der Waals surface area contributed by atoms with Gasteiger partial charge in [0.05, 0.1) is 23.2 Å². The molecule has 0 amide bonds. The molecule has 4 fully saturated rings. The Bertz CT molecular complexity index is 1740. The normalized spacial score (nSPS) is 33.2. The highest BCUT2D eigenvalue weighted by atomic mass is 16.6. The first-order valence-electron chi connectivity index (χ1n) is 17.5. The zero-order chi connectivity index (χ0) is 35.8. The van der Waals surface area contributed by atoms with E-state index < -0.39 is 52.2 Å². The van der Waals surface area contributed by atoms with Gasteiger partial charge in [-0.2, -0.15) is 0 Å². The Balaban J connectivity index is 1.62. The Morgan fingerprint density at radius 2 is 1.71 bits per heavy atom. The number of aliphatic carboxylic acids is 1. The van der Waals surface area contributed by atoms with E-state index >= 15 is 4.79 Å². The van der Waals surface area contributed by atoms with E-state index in [9.17, 15) is 19.8 Å². The van der Waals surface area contributed by atoms with Crippen LogP contribution in [-0.4, -0.2) is 62.9 Å². The zero-order valence-electron chi connectivity index (χ0n) is 30.2. The predicted molar refractivity (Wildman–Crippen MR) is 185 cm³/mol. The number of aromatic hydroxyl groups is 1. The van der Waals surface area contributed by atoms with Gasteiger partial charge >= 0.3 is 5.97 Å².